The summed E-state index contributed by atoms with van der Waals surface area (Å²) < 4.78 is 52.5. The van der Waals surface area contributed by atoms with Gasteiger partial charge in [0.25, 0.3) is 0 Å². The van der Waals surface area contributed by atoms with Gasteiger partial charge in [-0.25, -0.2) is 0 Å². The van der Waals surface area contributed by atoms with Gasteiger partial charge in [-0.15, -0.1) is 0 Å². The van der Waals surface area contributed by atoms with Crippen LogP contribution in [0.25, 0.3) is 22.3 Å². The molecule has 2 aromatic carbocycles. The van der Waals surface area contributed by atoms with Gasteiger partial charge in [0.1, 0.15) is 108 Å². The van der Waals surface area contributed by atoms with E-state index in [1.807, 2.05) is 0 Å². The van der Waals surface area contributed by atoms with E-state index >= 15 is 0 Å². The van der Waals surface area contributed by atoms with E-state index in [0.29, 0.717) is 0 Å². The summed E-state index contributed by atoms with van der Waals surface area (Å²) in [6, 6.07) is 6.95. The monoisotopic (exact) mass is 902 g/mol. The van der Waals surface area contributed by atoms with Crippen LogP contribution in [0.1, 0.15) is 13.8 Å². The van der Waals surface area contributed by atoms with Gasteiger partial charge in [-0.05, 0) is 38.1 Å². The third kappa shape index (κ3) is 9.19. The first-order valence-electron chi connectivity index (χ1n) is 19.8. The van der Waals surface area contributed by atoms with Crippen molar-refractivity contribution in [2.75, 3.05) is 13.2 Å². The highest BCUT2D eigenvalue weighted by Crippen LogP contribution is 2.40. The van der Waals surface area contributed by atoms with Gasteiger partial charge in [0.2, 0.25) is 17.5 Å². The minimum atomic E-state index is -2.13. The number of rotatable bonds is 11. The van der Waals surface area contributed by atoms with Crippen LogP contribution in [-0.4, -0.2) is 208 Å². The number of hydrogen-bond acceptors (Lipinski definition) is 24. The van der Waals surface area contributed by atoms with Crippen LogP contribution in [0.5, 0.6) is 23.0 Å². The van der Waals surface area contributed by atoms with E-state index in [2.05, 4.69) is 0 Å². The standard InChI is InChI=1S/C39H50O24/c1-11-21(44)26(49)29(52)36(56-11)55-10-19-23(46)28(51)31(54)38(60-19)61-33-24(47)18(9-40)59-39(35(33)63-37-30(53)27(50)22(45)12(2)57-37)62-34-25(48)20-16(43)7-15(42)8-17(20)58-32(34)13-3-5-14(41)6-4-13/h3-8,11-12,18-19,21-24,26-31,33,35-47,49-54H,9-10H2,1-2H3/t11-,12-,18+,19+,21-,22+,23-,24-,26+,27-,28-,29-,30-,31-,33-,35+,36-,37+,38+,39+/m1/s1. The molecule has 24 nitrogen and oxygen atoms in total. The zero-order valence-electron chi connectivity index (χ0n) is 33.3. The first kappa shape index (κ1) is 47.1. The van der Waals surface area contributed by atoms with Gasteiger partial charge in [0.15, 0.2) is 30.7 Å². The molecule has 0 aliphatic carbocycles. The van der Waals surface area contributed by atoms with Gasteiger partial charge in [0.05, 0.1) is 25.4 Å². The molecule has 0 saturated carbocycles. The Morgan fingerprint density at radius 2 is 1.11 bits per heavy atom. The van der Waals surface area contributed by atoms with E-state index in [0.717, 1.165) is 12.1 Å². The van der Waals surface area contributed by atoms with E-state index in [-0.39, 0.29) is 22.7 Å². The van der Waals surface area contributed by atoms with E-state index < -0.39 is 164 Å². The van der Waals surface area contributed by atoms with Crippen LogP contribution in [0.3, 0.4) is 0 Å². The zero-order valence-corrected chi connectivity index (χ0v) is 33.3. The van der Waals surface area contributed by atoms with Gasteiger partial charge >= 0.3 is 0 Å². The van der Waals surface area contributed by atoms with Gasteiger partial charge in [0, 0.05) is 17.7 Å². The molecule has 3 aromatic rings. The maximum Gasteiger partial charge on any atom is 0.239 e. The SMILES string of the molecule is C[C@H]1O[C@@H](O[C@@H]2[C@H](Oc3c(-c4ccc(O)cc4)oc4cc(O)cc(O)c4c3=O)O[C@@H](CO)[C@@H](O)[C@H]2O[C@@H]2O[C@@H](CO[C@@H]3O[C@H](C)[C@@H](O)[C@H](O)[C@H]3O)[C@@H](O)[C@@H](O)[C@H]2O)[C@H](O)[C@H](O)[C@H]1O. The molecule has 4 aliphatic rings. The number of aromatic hydroxyl groups is 3. The maximum absolute atomic E-state index is 14.3. The predicted octanol–water partition coefficient (Wildman–Crippen LogP) is -4.72. The van der Waals surface area contributed by atoms with Crippen LogP contribution in [0.2, 0.25) is 0 Å². The molecule has 4 aliphatic heterocycles. The Kier molecular flexibility index (Phi) is 14.1. The molecule has 0 spiro atoms. The number of aliphatic hydroxyl groups excluding tert-OH is 11. The average Bonchev–Trinajstić information content (AvgIpc) is 3.25. The maximum atomic E-state index is 14.3. The summed E-state index contributed by atoms with van der Waals surface area (Å²) in [6.45, 7) is 0.996. The molecule has 350 valence electrons. The van der Waals surface area contributed by atoms with Crippen molar-refractivity contribution in [3.8, 4) is 34.3 Å². The highest BCUT2D eigenvalue weighted by atomic mass is 16.8. The molecule has 20 atom stereocenters. The number of ether oxygens (including phenoxy) is 8. The fourth-order valence-corrected chi connectivity index (χ4v) is 7.67. The second-order valence-corrected chi connectivity index (χ2v) is 15.7. The zero-order chi connectivity index (χ0) is 45.8. The lowest BCUT2D eigenvalue weighted by molar-refractivity contribution is -0.385. The summed E-state index contributed by atoms with van der Waals surface area (Å²) in [5, 5.41) is 148. The van der Waals surface area contributed by atoms with E-state index in [1.54, 1.807) is 0 Å². The molecule has 5 heterocycles. The highest BCUT2D eigenvalue weighted by molar-refractivity contribution is 5.88. The molecule has 0 radical (unpaired) electrons. The average molecular weight is 903 g/mol. The Hall–Kier alpha value is -3.87. The molecule has 14 N–H and O–H groups in total. The molecule has 1 aromatic heterocycles. The summed E-state index contributed by atoms with van der Waals surface area (Å²) in [7, 11) is 0. The second kappa shape index (κ2) is 18.9. The van der Waals surface area contributed by atoms with Crippen molar-refractivity contribution in [1.82, 2.24) is 0 Å². The molecule has 0 unspecified atom stereocenters. The normalized spacial score (nSPS) is 41.1. The minimum Gasteiger partial charge on any atom is -0.508 e. The molecule has 0 bridgehead atoms. The molecule has 4 saturated heterocycles. The first-order chi connectivity index (χ1) is 29.8. The molecular weight excluding hydrogens is 852 g/mol. The summed E-state index contributed by atoms with van der Waals surface area (Å²) in [5.41, 5.74) is -1.34. The largest absolute Gasteiger partial charge is 0.508 e. The molecular formula is C39H50O24. The highest BCUT2D eigenvalue weighted by Gasteiger charge is 2.55. The number of aliphatic hydroxyl groups is 11. The van der Waals surface area contributed by atoms with Crippen LogP contribution in [-0.2, 0) is 33.2 Å². The second-order valence-electron chi connectivity index (χ2n) is 15.7. The van der Waals surface area contributed by atoms with Gasteiger partial charge in [-0.3, -0.25) is 4.79 Å². The van der Waals surface area contributed by atoms with Crippen molar-refractivity contribution in [3.05, 3.63) is 46.6 Å². The number of phenols is 3. The van der Waals surface area contributed by atoms with Crippen LogP contribution < -0.4 is 10.2 Å². The number of fused-ring (bicyclic) bond motifs is 1. The molecule has 24 heteroatoms. The Balaban J connectivity index is 1.26. The number of hydrogen-bond donors (Lipinski definition) is 14. The van der Waals surface area contributed by atoms with E-state index in [1.165, 1.54) is 38.1 Å². The number of phenolic OH excluding ortho intramolecular Hbond substituents is 3. The summed E-state index contributed by atoms with van der Waals surface area (Å²) >= 11 is 0. The minimum absolute atomic E-state index is 0.0762. The van der Waals surface area contributed by atoms with Gasteiger partial charge in [-0.2, -0.15) is 0 Å². The smallest absolute Gasteiger partial charge is 0.239 e. The fourth-order valence-electron chi connectivity index (χ4n) is 7.67. The van der Waals surface area contributed by atoms with Gasteiger partial charge in [-0.1, -0.05) is 0 Å². The van der Waals surface area contributed by atoms with E-state index in [9.17, 15) is 76.3 Å². The van der Waals surface area contributed by atoms with Crippen molar-refractivity contribution >= 4 is 11.0 Å². The third-order valence-electron chi connectivity index (χ3n) is 11.4. The Morgan fingerprint density at radius 1 is 0.571 bits per heavy atom. The third-order valence-corrected chi connectivity index (χ3v) is 11.4. The predicted molar refractivity (Wildman–Crippen MR) is 202 cm³/mol. The quantitative estimate of drug-likeness (QED) is 0.0859. The first-order valence-corrected chi connectivity index (χ1v) is 19.8. The lowest BCUT2D eigenvalue weighted by atomic mass is 9.96. The lowest BCUT2D eigenvalue weighted by Gasteiger charge is -2.49. The Morgan fingerprint density at radius 3 is 1.73 bits per heavy atom. The van der Waals surface area contributed by atoms with Crippen molar-refractivity contribution < 1.29 is 114 Å². The van der Waals surface area contributed by atoms with Crippen molar-refractivity contribution in [2.45, 2.75) is 137 Å². The molecule has 4 fully saturated rings. The van der Waals surface area contributed by atoms with E-state index in [4.69, 9.17) is 42.3 Å². The number of benzene rings is 2. The van der Waals surface area contributed by atoms with Crippen molar-refractivity contribution in [2.24, 2.45) is 0 Å². The van der Waals surface area contributed by atoms with Crippen molar-refractivity contribution in [1.29, 1.82) is 0 Å². The topological polar surface area (TPSA) is 387 Å². The summed E-state index contributed by atoms with van der Waals surface area (Å²) in [6.07, 6.45) is -35.8. The molecule has 0 amide bonds. The van der Waals surface area contributed by atoms with Crippen LogP contribution in [0, 0.1) is 0 Å². The van der Waals surface area contributed by atoms with Crippen molar-refractivity contribution in [3.63, 3.8) is 0 Å². The summed E-state index contributed by atoms with van der Waals surface area (Å²) in [4.78, 5) is 14.3. The summed E-state index contributed by atoms with van der Waals surface area (Å²) in [5.74, 6) is -2.56. The van der Waals surface area contributed by atoms with Crippen LogP contribution >= 0.6 is 0 Å². The van der Waals surface area contributed by atoms with Crippen LogP contribution in [0.4, 0.5) is 0 Å². The Labute approximate surface area is 355 Å². The lowest BCUT2D eigenvalue weighted by Crippen LogP contribution is -2.67. The van der Waals surface area contributed by atoms with Crippen LogP contribution in [0.15, 0.2) is 45.6 Å². The Bertz CT molecular complexity index is 2090. The fraction of sp³-hybridized carbons (Fsp3) is 0.615. The van der Waals surface area contributed by atoms with Gasteiger partial charge < -0.3 is 114 Å². The molecule has 63 heavy (non-hydrogen) atoms. The molecule has 7 rings (SSSR count).